The molecule has 0 heterocycles. The van der Waals surface area contributed by atoms with Gasteiger partial charge >= 0.3 is 12.1 Å². The Kier molecular flexibility index (Phi) is 9.11. The average Bonchev–Trinajstić information content (AvgIpc) is 2.64. The van der Waals surface area contributed by atoms with Crippen molar-refractivity contribution in [3.8, 4) is 0 Å². The smallest absolute Gasteiger partial charge is 0.408 e. The monoisotopic (exact) mass is 407 g/mol. The maximum atomic E-state index is 12.5. The highest BCUT2D eigenvalue weighted by Crippen LogP contribution is 2.07. The fraction of sp³-hybridized carbons (Fsp3) is 0.500. The van der Waals surface area contributed by atoms with Crippen LogP contribution in [0.3, 0.4) is 0 Å². The minimum Gasteiger partial charge on any atom is -0.468 e. The molecule has 9 nitrogen and oxygen atoms in total. The fourth-order valence-electron chi connectivity index (χ4n) is 2.26. The van der Waals surface area contributed by atoms with Crippen LogP contribution < -0.4 is 16.0 Å². The topological polar surface area (TPSA) is 123 Å². The molecule has 0 aromatic heterocycles. The SMILES string of the molecule is COC(=O)CNC(=O)[C@H](Cc1ccccc1)NC(=O)[C@H](C)NC(=O)OC(C)(C)C. The van der Waals surface area contributed by atoms with Crippen LogP contribution in [-0.2, 0) is 30.3 Å². The molecule has 1 aromatic rings. The molecule has 0 saturated carbocycles. The molecule has 2 atom stereocenters. The molecule has 0 aliphatic carbocycles. The van der Waals surface area contributed by atoms with Gasteiger partial charge in [0, 0.05) is 6.42 Å². The summed E-state index contributed by atoms with van der Waals surface area (Å²) >= 11 is 0. The first kappa shape index (κ1) is 23.9. The third-order valence-electron chi connectivity index (χ3n) is 3.68. The van der Waals surface area contributed by atoms with E-state index in [1.54, 1.807) is 20.8 Å². The van der Waals surface area contributed by atoms with Crippen molar-refractivity contribution in [3.63, 3.8) is 0 Å². The van der Waals surface area contributed by atoms with Crippen molar-refractivity contribution < 1.29 is 28.7 Å². The summed E-state index contributed by atoms with van der Waals surface area (Å²) in [5, 5.41) is 7.46. The number of esters is 1. The zero-order valence-electron chi connectivity index (χ0n) is 17.4. The molecule has 0 fully saturated rings. The Labute approximate surface area is 170 Å². The van der Waals surface area contributed by atoms with Gasteiger partial charge in [-0.25, -0.2) is 4.79 Å². The van der Waals surface area contributed by atoms with Crippen molar-refractivity contribution >= 4 is 23.9 Å². The molecule has 0 spiro atoms. The van der Waals surface area contributed by atoms with Crippen LogP contribution in [0.15, 0.2) is 30.3 Å². The third kappa shape index (κ3) is 9.59. The maximum absolute atomic E-state index is 12.5. The van der Waals surface area contributed by atoms with E-state index in [-0.39, 0.29) is 13.0 Å². The molecule has 0 aliphatic heterocycles. The Balaban J connectivity index is 2.78. The molecule has 0 saturated heterocycles. The first-order valence-electron chi connectivity index (χ1n) is 9.20. The molecular formula is C20H29N3O6. The second-order valence-corrected chi connectivity index (χ2v) is 7.41. The van der Waals surface area contributed by atoms with Crippen molar-refractivity contribution in [2.75, 3.05) is 13.7 Å². The van der Waals surface area contributed by atoms with Gasteiger partial charge in [-0.3, -0.25) is 14.4 Å². The van der Waals surface area contributed by atoms with Crippen LogP contribution in [0.5, 0.6) is 0 Å². The second-order valence-electron chi connectivity index (χ2n) is 7.41. The van der Waals surface area contributed by atoms with E-state index in [9.17, 15) is 19.2 Å². The number of carbonyl (C=O) groups excluding carboxylic acids is 4. The summed E-state index contributed by atoms with van der Waals surface area (Å²) in [6, 6.07) is 7.21. The lowest BCUT2D eigenvalue weighted by Crippen LogP contribution is -2.54. The largest absolute Gasteiger partial charge is 0.468 e. The van der Waals surface area contributed by atoms with Crippen LogP contribution in [0.25, 0.3) is 0 Å². The van der Waals surface area contributed by atoms with Gasteiger partial charge in [0.25, 0.3) is 0 Å². The van der Waals surface area contributed by atoms with Crippen LogP contribution in [0.4, 0.5) is 4.79 Å². The molecule has 0 unspecified atom stereocenters. The molecule has 0 radical (unpaired) electrons. The molecule has 0 bridgehead atoms. The Hall–Kier alpha value is -3.10. The van der Waals surface area contributed by atoms with Crippen molar-refractivity contribution in [2.24, 2.45) is 0 Å². The van der Waals surface area contributed by atoms with Crippen LogP contribution in [0.2, 0.25) is 0 Å². The number of alkyl carbamates (subject to hydrolysis) is 1. The minimum absolute atomic E-state index is 0.207. The fourth-order valence-corrected chi connectivity index (χ4v) is 2.26. The van der Waals surface area contributed by atoms with Gasteiger partial charge in [0.05, 0.1) is 7.11 Å². The number of rotatable bonds is 8. The molecule has 1 rings (SSSR count). The van der Waals surface area contributed by atoms with E-state index < -0.39 is 41.6 Å². The Morgan fingerprint density at radius 3 is 2.17 bits per heavy atom. The summed E-state index contributed by atoms with van der Waals surface area (Å²) in [5.74, 6) is -1.72. The summed E-state index contributed by atoms with van der Waals surface area (Å²) < 4.78 is 9.62. The van der Waals surface area contributed by atoms with Crippen LogP contribution in [0, 0.1) is 0 Å². The highest BCUT2D eigenvalue weighted by Gasteiger charge is 2.26. The number of hydrogen-bond acceptors (Lipinski definition) is 6. The average molecular weight is 407 g/mol. The molecular weight excluding hydrogens is 378 g/mol. The normalized spacial score (nSPS) is 12.9. The van der Waals surface area contributed by atoms with Gasteiger partial charge in [-0.2, -0.15) is 0 Å². The van der Waals surface area contributed by atoms with Gasteiger partial charge in [0.1, 0.15) is 24.2 Å². The number of ether oxygens (including phenoxy) is 2. The van der Waals surface area contributed by atoms with E-state index in [2.05, 4.69) is 20.7 Å². The van der Waals surface area contributed by atoms with Gasteiger partial charge in [0.2, 0.25) is 11.8 Å². The molecule has 9 heteroatoms. The first-order valence-corrected chi connectivity index (χ1v) is 9.20. The second kappa shape index (κ2) is 11.0. The Morgan fingerprint density at radius 2 is 1.62 bits per heavy atom. The Morgan fingerprint density at radius 1 is 1.00 bits per heavy atom. The summed E-state index contributed by atoms with van der Waals surface area (Å²) in [4.78, 5) is 48.1. The molecule has 29 heavy (non-hydrogen) atoms. The van der Waals surface area contributed by atoms with E-state index in [1.807, 2.05) is 30.3 Å². The summed E-state index contributed by atoms with van der Waals surface area (Å²) in [6.07, 6.45) is -0.534. The van der Waals surface area contributed by atoms with E-state index in [0.717, 1.165) is 5.56 Å². The molecule has 1 aromatic carbocycles. The number of hydrogen-bond donors (Lipinski definition) is 3. The minimum atomic E-state index is -0.947. The lowest BCUT2D eigenvalue weighted by molar-refractivity contribution is -0.141. The van der Waals surface area contributed by atoms with Crippen molar-refractivity contribution in [1.82, 2.24) is 16.0 Å². The van der Waals surface area contributed by atoms with Gasteiger partial charge < -0.3 is 25.4 Å². The van der Waals surface area contributed by atoms with Crippen LogP contribution in [0.1, 0.15) is 33.3 Å². The third-order valence-corrected chi connectivity index (χ3v) is 3.68. The number of carbonyl (C=O) groups is 4. The van der Waals surface area contributed by atoms with Crippen LogP contribution in [-0.4, -0.2) is 55.2 Å². The van der Waals surface area contributed by atoms with E-state index in [1.165, 1.54) is 14.0 Å². The van der Waals surface area contributed by atoms with Gasteiger partial charge in [0.15, 0.2) is 0 Å². The quantitative estimate of drug-likeness (QED) is 0.551. The van der Waals surface area contributed by atoms with E-state index >= 15 is 0 Å². The zero-order valence-corrected chi connectivity index (χ0v) is 17.4. The van der Waals surface area contributed by atoms with E-state index in [4.69, 9.17) is 4.74 Å². The Bertz CT molecular complexity index is 715. The van der Waals surface area contributed by atoms with Crippen LogP contribution >= 0.6 is 0 Å². The highest BCUT2D eigenvalue weighted by atomic mass is 16.6. The molecule has 0 aliphatic rings. The standard InChI is InChI=1S/C20H29N3O6/c1-13(22-19(27)29-20(2,3)4)17(25)23-15(11-14-9-7-6-8-10-14)18(26)21-12-16(24)28-5/h6-10,13,15H,11-12H2,1-5H3,(H,21,26)(H,22,27)(H,23,25)/t13-,15-/m0/s1. The number of nitrogens with one attached hydrogen (secondary N) is 3. The van der Waals surface area contributed by atoms with Gasteiger partial charge in [-0.1, -0.05) is 30.3 Å². The predicted molar refractivity (Wildman–Crippen MR) is 106 cm³/mol. The van der Waals surface area contributed by atoms with Crippen molar-refractivity contribution in [2.45, 2.75) is 51.8 Å². The zero-order chi connectivity index (χ0) is 22.0. The lowest BCUT2D eigenvalue weighted by Gasteiger charge is -2.23. The van der Waals surface area contributed by atoms with E-state index in [0.29, 0.717) is 0 Å². The van der Waals surface area contributed by atoms with Crippen molar-refractivity contribution in [3.05, 3.63) is 35.9 Å². The highest BCUT2D eigenvalue weighted by molar-refractivity contribution is 5.92. The first-order chi connectivity index (χ1) is 13.5. The summed E-state index contributed by atoms with van der Waals surface area (Å²) in [5.41, 5.74) is 0.114. The maximum Gasteiger partial charge on any atom is 0.408 e. The molecule has 3 N–H and O–H groups in total. The molecule has 3 amide bonds. The lowest BCUT2D eigenvalue weighted by atomic mass is 10.0. The van der Waals surface area contributed by atoms with Crippen molar-refractivity contribution in [1.29, 1.82) is 0 Å². The number of benzene rings is 1. The molecule has 160 valence electrons. The summed E-state index contributed by atoms with van der Waals surface area (Å²) in [6.45, 7) is 6.28. The van der Waals surface area contributed by atoms with Gasteiger partial charge in [-0.15, -0.1) is 0 Å². The number of amides is 3. The van der Waals surface area contributed by atoms with Gasteiger partial charge in [-0.05, 0) is 33.3 Å². The summed E-state index contributed by atoms with van der Waals surface area (Å²) in [7, 11) is 1.21. The predicted octanol–water partition coefficient (Wildman–Crippen LogP) is 0.916. The number of methoxy groups -OCH3 is 1.